The summed E-state index contributed by atoms with van der Waals surface area (Å²) in [6.07, 6.45) is 0. The average molecular weight is 281 g/mol. The second-order valence-electron chi connectivity index (χ2n) is 3.46. The highest BCUT2D eigenvalue weighted by Gasteiger charge is 2.15. The van der Waals surface area contributed by atoms with Gasteiger partial charge in [0.15, 0.2) is 11.5 Å². The Labute approximate surface area is 89.8 Å². The van der Waals surface area contributed by atoms with E-state index in [1.807, 2.05) is 27.2 Å². The lowest BCUT2D eigenvalue weighted by Crippen LogP contribution is -3.00. The van der Waals surface area contributed by atoms with Gasteiger partial charge in [-0.2, -0.15) is 0 Å². The van der Waals surface area contributed by atoms with Gasteiger partial charge in [-0.25, -0.2) is 4.39 Å². The lowest BCUT2D eigenvalue weighted by atomic mass is 10.2. The van der Waals surface area contributed by atoms with E-state index >= 15 is 0 Å². The fourth-order valence-corrected chi connectivity index (χ4v) is 0.996. The zero-order valence-electron chi connectivity index (χ0n) is 7.51. The molecule has 0 fully saturated rings. The first-order valence-electron chi connectivity index (χ1n) is 3.58. The predicted molar refractivity (Wildman–Crippen MR) is 46.0 cm³/mol. The first-order valence-corrected chi connectivity index (χ1v) is 3.58. The standard InChI is InChI=1S/C9H13FN.HI/c1-11(2,3)9-7-5-4-6-8(9)10;/h4-7H,1-3H3;1H/q+1;/p-1. The molecule has 0 aliphatic heterocycles. The Balaban J connectivity index is 0.00000121. The van der Waals surface area contributed by atoms with Crippen LogP contribution in [0.3, 0.4) is 0 Å². The van der Waals surface area contributed by atoms with E-state index in [4.69, 9.17) is 0 Å². The Hall–Kier alpha value is -0.160. The fraction of sp³-hybridized carbons (Fsp3) is 0.333. The van der Waals surface area contributed by atoms with Gasteiger partial charge in [-0.3, -0.25) is 4.48 Å². The van der Waals surface area contributed by atoms with E-state index in [1.165, 1.54) is 6.07 Å². The normalized spacial score (nSPS) is 10.7. The van der Waals surface area contributed by atoms with Crippen molar-refractivity contribution in [1.29, 1.82) is 0 Å². The van der Waals surface area contributed by atoms with Crippen molar-refractivity contribution in [3.05, 3.63) is 30.1 Å². The van der Waals surface area contributed by atoms with Crippen LogP contribution in [0.15, 0.2) is 24.3 Å². The summed E-state index contributed by atoms with van der Waals surface area (Å²) in [5.74, 6) is -0.139. The van der Waals surface area contributed by atoms with Crippen molar-refractivity contribution in [2.24, 2.45) is 0 Å². The number of para-hydroxylation sites is 1. The second kappa shape index (κ2) is 4.18. The van der Waals surface area contributed by atoms with Gasteiger partial charge in [0.1, 0.15) is 0 Å². The molecule has 1 nitrogen and oxygen atoms in total. The van der Waals surface area contributed by atoms with Gasteiger partial charge in [-0.15, -0.1) is 0 Å². The Morgan fingerprint density at radius 2 is 1.58 bits per heavy atom. The maximum atomic E-state index is 13.1. The van der Waals surface area contributed by atoms with E-state index in [1.54, 1.807) is 12.1 Å². The molecule has 0 spiro atoms. The first kappa shape index (κ1) is 11.8. The molecule has 0 bridgehead atoms. The van der Waals surface area contributed by atoms with Gasteiger partial charge in [-0.1, -0.05) is 12.1 Å². The molecular formula is C9H13FIN. The van der Waals surface area contributed by atoms with Crippen molar-refractivity contribution >= 4 is 5.69 Å². The molecule has 68 valence electrons. The van der Waals surface area contributed by atoms with Gasteiger partial charge >= 0.3 is 0 Å². The number of hydrogen-bond acceptors (Lipinski definition) is 0. The summed E-state index contributed by atoms with van der Waals surface area (Å²) < 4.78 is 13.6. The molecule has 0 atom stereocenters. The molecule has 0 N–H and O–H groups in total. The molecule has 0 aliphatic carbocycles. The molecule has 0 radical (unpaired) electrons. The summed E-state index contributed by atoms with van der Waals surface area (Å²) in [6.45, 7) is 0. The fourth-order valence-electron chi connectivity index (χ4n) is 0.996. The van der Waals surface area contributed by atoms with E-state index in [9.17, 15) is 4.39 Å². The number of quaternary nitrogens is 1. The molecular weight excluding hydrogens is 268 g/mol. The summed E-state index contributed by atoms with van der Waals surface area (Å²) >= 11 is 0. The summed E-state index contributed by atoms with van der Waals surface area (Å²) in [5.41, 5.74) is 0.715. The number of benzene rings is 1. The highest BCUT2D eigenvalue weighted by molar-refractivity contribution is 5.42. The Morgan fingerprint density at radius 1 is 1.08 bits per heavy atom. The molecule has 0 unspecified atom stereocenters. The molecule has 0 heterocycles. The predicted octanol–water partition coefficient (Wildman–Crippen LogP) is -0.974. The Bertz CT molecular complexity index is 255. The van der Waals surface area contributed by atoms with Crippen LogP contribution in [0.4, 0.5) is 10.1 Å². The van der Waals surface area contributed by atoms with Gasteiger partial charge in [0.25, 0.3) is 0 Å². The van der Waals surface area contributed by atoms with E-state index in [2.05, 4.69) is 0 Å². The Morgan fingerprint density at radius 3 is 1.92 bits per heavy atom. The van der Waals surface area contributed by atoms with Crippen molar-refractivity contribution in [3.8, 4) is 0 Å². The molecule has 0 saturated heterocycles. The minimum Gasteiger partial charge on any atom is -1.00 e. The molecule has 12 heavy (non-hydrogen) atoms. The number of halogens is 2. The maximum absolute atomic E-state index is 13.1. The summed E-state index contributed by atoms with van der Waals surface area (Å²) in [7, 11) is 5.83. The van der Waals surface area contributed by atoms with Crippen LogP contribution in [-0.2, 0) is 0 Å². The quantitative estimate of drug-likeness (QED) is 0.459. The van der Waals surface area contributed by atoms with Gasteiger partial charge in [0.05, 0.1) is 21.1 Å². The monoisotopic (exact) mass is 281 g/mol. The van der Waals surface area contributed by atoms with E-state index in [0.717, 1.165) is 0 Å². The lowest BCUT2D eigenvalue weighted by molar-refractivity contribution is -0.00000321. The number of nitrogens with zero attached hydrogens (tertiary/aromatic N) is 1. The molecule has 1 aromatic rings. The van der Waals surface area contributed by atoms with Crippen molar-refractivity contribution in [3.63, 3.8) is 0 Å². The van der Waals surface area contributed by atoms with Crippen LogP contribution in [-0.4, -0.2) is 21.1 Å². The van der Waals surface area contributed by atoms with Gasteiger partial charge in [-0.05, 0) is 6.07 Å². The van der Waals surface area contributed by atoms with Crippen LogP contribution < -0.4 is 28.5 Å². The molecule has 1 aromatic carbocycles. The molecule has 0 amide bonds. The van der Waals surface area contributed by atoms with Crippen molar-refractivity contribution in [2.75, 3.05) is 21.1 Å². The third-order valence-electron chi connectivity index (χ3n) is 1.58. The minimum atomic E-state index is -0.139. The van der Waals surface area contributed by atoms with Crippen LogP contribution in [0.1, 0.15) is 0 Å². The summed E-state index contributed by atoms with van der Waals surface area (Å²) in [4.78, 5) is 0. The van der Waals surface area contributed by atoms with Gasteiger partial charge in [0, 0.05) is 6.07 Å². The highest BCUT2D eigenvalue weighted by Crippen LogP contribution is 2.19. The second-order valence-corrected chi connectivity index (χ2v) is 3.46. The van der Waals surface area contributed by atoms with Crippen molar-refractivity contribution in [2.45, 2.75) is 0 Å². The maximum Gasteiger partial charge on any atom is 0.183 e. The van der Waals surface area contributed by atoms with Gasteiger partial charge in [0.2, 0.25) is 0 Å². The zero-order chi connectivity index (χ0) is 8.48. The highest BCUT2D eigenvalue weighted by atomic mass is 127. The topological polar surface area (TPSA) is 0 Å². The van der Waals surface area contributed by atoms with Crippen LogP contribution >= 0.6 is 0 Å². The van der Waals surface area contributed by atoms with E-state index < -0.39 is 0 Å². The molecule has 0 aliphatic rings. The van der Waals surface area contributed by atoms with Crippen molar-refractivity contribution < 1.29 is 28.4 Å². The third kappa shape index (κ3) is 2.71. The summed E-state index contributed by atoms with van der Waals surface area (Å²) in [6, 6.07) is 6.84. The average Bonchev–Trinajstić information content (AvgIpc) is 1.86. The van der Waals surface area contributed by atoms with Crippen LogP contribution in [0.5, 0.6) is 0 Å². The SMILES string of the molecule is C[N+](C)(C)c1ccccc1F.[I-]. The van der Waals surface area contributed by atoms with Crippen molar-refractivity contribution in [1.82, 2.24) is 4.48 Å². The zero-order valence-corrected chi connectivity index (χ0v) is 9.67. The lowest BCUT2D eigenvalue weighted by Gasteiger charge is -2.23. The molecule has 0 aromatic heterocycles. The molecule has 0 saturated carbocycles. The van der Waals surface area contributed by atoms with Crippen LogP contribution in [0.2, 0.25) is 0 Å². The number of rotatable bonds is 1. The summed E-state index contributed by atoms with van der Waals surface area (Å²) in [5, 5.41) is 0. The molecule has 1 rings (SSSR count). The van der Waals surface area contributed by atoms with E-state index in [0.29, 0.717) is 10.2 Å². The van der Waals surface area contributed by atoms with E-state index in [-0.39, 0.29) is 29.8 Å². The van der Waals surface area contributed by atoms with Crippen LogP contribution in [0, 0.1) is 5.82 Å². The number of hydrogen-bond donors (Lipinski definition) is 0. The Kier molecular flexibility index (Phi) is 4.13. The minimum absolute atomic E-state index is 0. The first-order chi connectivity index (χ1) is 5.02. The van der Waals surface area contributed by atoms with Crippen LogP contribution in [0.25, 0.3) is 0 Å². The molecule has 3 heteroatoms. The smallest absolute Gasteiger partial charge is 0.183 e. The third-order valence-corrected chi connectivity index (χ3v) is 1.58. The van der Waals surface area contributed by atoms with Gasteiger partial charge < -0.3 is 24.0 Å². The largest absolute Gasteiger partial charge is 1.00 e.